The zero-order valence-electron chi connectivity index (χ0n) is 18.5. The number of aromatic nitrogens is 6. The molecule has 1 saturated heterocycles. The topological polar surface area (TPSA) is 137 Å². The van der Waals surface area contributed by atoms with Gasteiger partial charge < -0.3 is 5.73 Å². The molecule has 0 radical (unpaired) electrons. The van der Waals surface area contributed by atoms with Crippen LogP contribution in [0.3, 0.4) is 0 Å². The number of piperazine rings is 1. The number of nitrogens with two attached hydrogens (primary N) is 1. The highest BCUT2D eigenvalue weighted by molar-refractivity contribution is 7.88. The smallest absolute Gasteiger partial charge is 0.353 e. The SMILES string of the molecule is CS(=O)(=O)N1CCN(CCn2ncc3c2nc(N)n2c(=O)n(Cc4cccc(Cl)c4)nc32)CC1. The summed E-state index contributed by atoms with van der Waals surface area (Å²) in [5.74, 6) is 0.0355. The third kappa shape index (κ3) is 4.27. The van der Waals surface area contributed by atoms with Gasteiger partial charge in [-0.2, -0.15) is 14.4 Å². The molecule has 4 heterocycles. The summed E-state index contributed by atoms with van der Waals surface area (Å²) in [4.78, 5) is 19.6. The van der Waals surface area contributed by atoms with Crippen molar-refractivity contribution in [3.63, 3.8) is 0 Å². The highest BCUT2D eigenvalue weighted by Crippen LogP contribution is 2.19. The molecule has 12 nitrogen and oxygen atoms in total. The molecule has 180 valence electrons. The number of sulfonamides is 1. The van der Waals surface area contributed by atoms with Crippen molar-refractivity contribution in [2.45, 2.75) is 13.1 Å². The van der Waals surface area contributed by atoms with E-state index >= 15 is 0 Å². The Bertz CT molecular complexity index is 1530. The van der Waals surface area contributed by atoms with Crippen molar-refractivity contribution in [3.8, 4) is 0 Å². The molecule has 34 heavy (non-hydrogen) atoms. The number of benzene rings is 1. The van der Waals surface area contributed by atoms with Crippen molar-refractivity contribution in [2.75, 3.05) is 44.7 Å². The van der Waals surface area contributed by atoms with Crippen LogP contribution >= 0.6 is 11.6 Å². The number of hydrogen-bond donors (Lipinski definition) is 1. The average molecular weight is 506 g/mol. The maximum absolute atomic E-state index is 12.9. The Morgan fingerprint density at radius 3 is 2.56 bits per heavy atom. The zero-order valence-corrected chi connectivity index (χ0v) is 20.1. The van der Waals surface area contributed by atoms with Gasteiger partial charge in [-0.15, -0.1) is 5.10 Å². The Hall–Kier alpha value is -3.00. The number of nitrogen functional groups attached to an aromatic ring is 1. The molecule has 4 aromatic rings. The van der Waals surface area contributed by atoms with E-state index in [9.17, 15) is 13.2 Å². The van der Waals surface area contributed by atoms with Gasteiger partial charge in [0.2, 0.25) is 16.0 Å². The monoisotopic (exact) mass is 505 g/mol. The fourth-order valence-corrected chi connectivity index (χ4v) is 5.24. The van der Waals surface area contributed by atoms with E-state index in [2.05, 4.69) is 20.1 Å². The van der Waals surface area contributed by atoms with Crippen LogP contribution in [-0.2, 0) is 23.1 Å². The molecular formula is C20H24ClN9O3S. The summed E-state index contributed by atoms with van der Waals surface area (Å²) in [6.45, 7) is 3.70. The zero-order chi connectivity index (χ0) is 24.0. The van der Waals surface area contributed by atoms with E-state index in [0.29, 0.717) is 61.0 Å². The second-order valence-electron chi connectivity index (χ2n) is 8.31. The first kappa shape index (κ1) is 22.8. The fraction of sp³-hybridized carbons (Fsp3) is 0.400. The van der Waals surface area contributed by atoms with Gasteiger partial charge in [-0.1, -0.05) is 23.7 Å². The van der Waals surface area contributed by atoms with Gasteiger partial charge in [-0.3, -0.25) is 4.90 Å². The molecule has 0 spiro atoms. The lowest BCUT2D eigenvalue weighted by Gasteiger charge is -2.33. The lowest BCUT2D eigenvalue weighted by atomic mass is 10.2. The van der Waals surface area contributed by atoms with Gasteiger partial charge in [0.25, 0.3) is 0 Å². The molecule has 1 aliphatic heterocycles. The van der Waals surface area contributed by atoms with Crippen LogP contribution in [0.2, 0.25) is 5.02 Å². The van der Waals surface area contributed by atoms with E-state index in [1.807, 2.05) is 12.1 Å². The standard InChI is InChI=1S/C20H24ClN9O3S/c1-34(32,33)27-8-5-26(6-9-27)7-10-28-17-16(12-23-28)18-25-29(20(31)30(18)19(22)24-17)13-14-3-2-4-15(21)11-14/h2-4,11-12H,5-10,13H2,1H3,(H2,22,24). The third-order valence-electron chi connectivity index (χ3n) is 5.99. The second-order valence-corrected chi connectivity index (χ2v) is 10.7. The summed E-state index contributed by atoms with van der Waals surface area (Å²) in [6.07, 6.45) is 2.87. The summed E-state index contributed by atoms with van der Waals surface area (Å²) in [5, 5.41) is 10.1. The van der Waals surface area contributed by atoms with E-state index in [-0.39, 0.29) is 12.5 Å². The molecule has 0 amide bonds. The molecule has 5 rings (SSSR count). The lowest BCUT2D eigenvalue weighted by molar-refractivity contribution is 0.182. The third-order valence-corrected chi connectivity index (χ3v) is 7.53. The second kappa shape index (κ2) is 8.65. The Balaban J connectivity index is 1.39. The van der Waals surface area contributed by atoms with E-state index in [1.54, 1.807) is 23.0 Å². The Morgan fingerprint density at radius 2 is 1.85 bits per heavy atom. The molecule has 0 saturated carbocycles. The van der Waals surface area contributed by atoms with Crippen LogP contribution in [-0.4, -0.2) is 85.5 Å². The molecule has 0 aliphatic carbocycles. The van der Waals surface area contributed by atoms with Crippen LogP contribution in [0.5, 0.6) is 0 Å². The van der Waals surface area contributed by atoms with E-state index in [4.69, 9.17) is 17.3 Å². The quantitative estimate of drug-likeness (QED) is 0.389. The minimum absolute atomic E-state index is 0.0355. The molecule has 1 fully saturated rings. The number of fused-ring (bicyclic) bond motifs is 3. The van der Waals surface area contributed by atoms with Gasteiger partial charge in [0, 0.05) is 37.7 Å². The first-order valence-corrected chi connectivity index (χ1v) is 13.0. The van der Waals surface area contributed by atoms with Crippen LogP contribution in [0.4, 0.5) is 5.95 Å². The molecule has 14 heteroatoms. The Morgan fingerprint density at radius 1 is 1.09 bits per heavy atom. The fourth-order valence-electron chi connectivity index (χ4n) is 4.20. The number of anilines is 1. The van der Waals surface area contributed by atoms with Gasteiger partial charge in [0.05, 0.1) is 30.9 Å². The number of rotatable bonds is 6. The summed E-state index contributed by atoms with van der Waals surface area (Å²) >= 11 is 6.06. The Kier molecular flexibility index (Phi) is 5.80. The summed E-state index contributed by atoms with van der Waals surface area (Å²) in [5.41, 5.74) is 7.52. The minimum Gasteiger partial charge on any atom is -0.369 e. The number of hydrogen-bond acceptors (Lipinski definition) is 8. The predicted molar refractivity (Wildman–Crippen MR) is 128 cm³/mol. The van der Waals surface area contributed by atoms with Crippen LogP contribution in [0.15, 0.2) is 35.3 Å². The van der Waals surface area contributed by atoms with E-state index in [0.717, 1.165) is 5.56 Å². The van der Waals surface area contributed by atoms with Crippen LogP contribution in [0, 0.1) is 0 Å². The van der Waals surface area contributed by atoms with Crippen LogP contribution in [0.1, 0.15) is 5.56 Å². The van der Waals surface area contributed by atoms with Gasteiger partial charge >= 0.3 is 5.69 Å². The first-order valence-electron chi connectivity index (χ1n) is 10.7. The largest absolute Gasteiger partial charge is 0.369 e. The van der Waals surface area contributed by atoms with Gasteiger partial charge in [-0.25, -0.2) is 27.0 Å². The van der Waals surface area contributed by atoms with Crippen molar-refractivity contribution in [1.82, 2.24) is 38.2 Å². The van der Waals surface area contributed by atoms with Crippen molar-refractivity contribution in [2.24, 2.45) is 0 Å². The number of halogens is 1. The molecular weight excluding hydrogens is 482 g/mol. The van der Waals surface area contributed by atoms with Crippen molar-refractivity contribution < 1.29 is 8.42 Å². The normalized spacial score (nSPS) is 16.1. The maximum Gasteiger partial charge on any atom is 0.353 e. The molecule has 1 aromatic carbocycles. The Labute approximate surface area is 200 Å². The van der Waals surface area contributed by atoms with Crippen molar-refractivity contribution in [3.05, 3.63) is 51.5 Å². The summed E-state index contributed by atoms with van der Waals surface area (Å²) in [7, 11) is -3.16. The highest BCUT2D eigenvalue weighted by atomic mass is 35.5. The van der Waals surface area contributed by atoms with E-state index < -0.39 is 15.7 Å². The minimum atomic E-state index is -3.16. The van der Waals surface area contributed by atoms with Crippen molar-refractivity contribution in [1.29, 1.82) is 0 Å². The first-order chi connectivity index (χ1) is 16.2. The van der Waals surface area contributed by atoms with Gasteiger partial charge in [-0.05, 0) is 17.7 Å². The summed E-state index contributed by atoms with van der Waals surface area (Å²) in [6, 6.07) is 7.23. The number of nitrogens with zero attached hydrogens (tertiary/aromatic N) is 8. The van der Waals surface area contributed by atoms with E-state index in [1.165, 1.54) is 19.6 Å². The molecule has 0 atom stereocenters. The molecule has 2 N–H and O–H groups in total. The average Bonchev–Trinajstić information content (AvgIpc) is 3.33. The molecule has 3 aromatic heterocycles. The molecule has 0 bridgehead atoms. The maximum atomic E-state index is 12.9. The molecule has 0 unspecified atom stereocenters. The van der Waals surface area contributed by atoms with Crippen LogP contribution in [0.25, 0.3) is 16.7 Å². The van der Waals surface area contributed by atoms with Crippen molar-refractivity contribution >= 4 is 44.3 Å². The summed E-state index contributed by atoms with van der Waals surface area (Å²) < 4.78 is 29.2. The van der Waals surface area contributed by atoms with Gasteiger partial charge in [0.15, 0.2) is 11.3 Å². The van der Waals surface area contributed by atoms with Crippen LogP contribution < -0.4 is 11.4 Å². The lowest BCUT2D eigenvalue weighted by Crippen LogP contribution is -2.48. The molecule has 1 aliphatic rings. The highest BCUT2D eigenvalue weighted by Gasteiger charge is 2.24. The van der Waals surface area contributed by atoms with Gasteiger partial charge in [0.1, 0.15) is 0 Å². The predicted octanol–water partition coefficient (Wildman–Crippen LogP) is 0.102.